The second kappa shape index (κ2) is 20.2. The van der Waals surface area contributed by atoms with Crippen molar-refractivity contribution in [1.29, 1.82) is 0 Å². The molecule has 13 nitrogen and oxygen atoms in total. The minimum absolute atomic E-state index is 0.0217. The molecule has 0 spiro atoms. The Bertz CT molecular complexity index is 2280. The van der Waals surface area contributed by atoms with E-state index in [2.05, 4.69) is 26.1 Å². The molecule has 3 N–H and O–H groups in total. The van der Waals surface area contributed by atoms with Crippen molar-refractivity contribution >= 4 is 59.5 Å². The minimum Gasteiger partial charge on any atom is -0.455 e. The van der Waals surface area contributed by atoms with Gasteiger partial charge in [-0.25, -0.2) is 4.79 Å². The molecule has 7 rings (SSSR count). The maximum atomic E-state index is 15.6. The third kappa shape index (κ3) is 9.90. The van der Waals surface area contributed by atoms with E-state index in [0.29, 0.717) is 33.9 Å². The molecule has 2 unspecified atom stereocenters. The number of hydrogen-bond acceptors (Lipinski definition) is 14. The first-order valence-electron chi connectivity index (χ1n) is 24.5. The van der Waals surface area contributed by atoms with Crippen LogP contribution in [0, 0.1) is 22.7 Å². The van der Waals surface area contributed by atoms with Crippen LogP contribution in [0.2, 0.25) is 18.1 Å². The van der Waals surface area contributed by atoms with Gasteiger partial charge in [-0.15, -0.1) is 0 Å². The summed E-state index contributed by atoms with van der Waals surface area (Å²) >= 11 is 0. The highest BCUT2D eigenvalue weighted by Crippen LogP contribution is 2.65. The van der Waals surface area contributed by atoms with Crippen molar-refractivity contribution in [3.63, 3.8) is 0 Å². The molecule has 2 aromatic carbocycles. The number of aliphatic hydroxyl groups is 2. The third-order valence-electron chi connectivity index (χ3n) is 16.6. The molecule has 5 aliphatic rings. The first-order valence-corrected chi connectivity index (χ1v) is 29.8. The summed E-state index contributed by atoms with van der Waals surface area (Å²) in [5.41, 5.74) is -4.40. The van der Waals surface area contributed by atoms with Gasteiger partial charge in [0.05, 0.1) is 24.2 Å². The lowest BCUT2D eigenvalue weighted by atomic mass is 9.44. The molecule has 3 aliphatic carbocycles. The average Bonchev–Trinajstić information content (AvgIpc) is 3.81. The summed E-state index contributed by atoms with van der Waals surface area (Å²) < 4.78 is 32.6. The van der Waals surface area contributed by atoms with Crippen molar-refractivity contribution in [2.45, 2.75) is 178 Å². The van der Waals surface area contributed by atoms with Crippen LogP contribution in [0.5, 0.6) is 0 Å². The van der Waals surface area contributed by atoms with Crippen LogP contribution in [0.1, 0.15) is 129 Å². The number of hydrogen-bond donors (Lipinski definition) is 3. The molecule has 12 atom stereocenters. The number of rotatable bonds is 15. The number of carbonyl (C=O) groups is 5. The van der Waals surface area contributed by atoms with E-state index in [0.717, 1.165) is 25.0 Å². The molecule has 2 aromatic rings. The smallest absolute Gasteiger partial charge is 0.350 e. The fraction of sp³-hybridized carbons (Fsp3) is 0.642. The summed E-state index contributed by atoms with van der Waals surface area (Å²) in [5, 5.41) is 29.4. The van der Waals surface area contributed by atoms with E-state index in [-0.39, 0.29) is 31.7 Å². The number of unbranched alkanes of at least 4 members (excludes halogenated alkanes) is 1. The number of esters is 3. The summed E-state index contributed by atoms with van der Waals surface area (Å²) in [6.07, 6.45) is -2.97. The molecular formula is C53H73NO12S2Si. The van der Waals surface area contributed by atoms with Gasteiger partial charge in [-0.1, -0.05) is 118 Å². The summed E-state index contributed by atoms with van der Waals surface area (Å²) in [5.74, 6) is -3.98. The normalized spacial score (nSPS) is 32.8. The number of amides is 1. The van der Waals surface area contributed by atoms with Crippen molar-refractivity contribution in [1.82, 2.24) is 5.32 Å². The number of benzene rings is 2. The molecule has 2 bridgehead atoms. The number of carbonyl (C=O) groups excluding carboxylic acids is 5. The zero-order valence-corrected chi connectivity index (χ0v) is 44.8. The minimum atomic E-state index is -2.95. The Hall–Kier alpha value is -3.51. The Morgan fingerprint density at radius 1 is 1.00 bits per heavy atom. The highest BCUT2D eigenvalue weighted by atomic mass is 33.1. The number of nitrogens with one attached hydrogen (secondary N) is 1. The van der Waals surface area contributed by atoms with E-state index in [4.69, 9.17) is 23.4 Å². The largest absolute Gasteiger partial charge is 0.455 e. The highest BCUT2D eigenvalue weighted by Gasteiger charge is 2.77. The van der Waals surface area contributed by atoms with Gasteiger partial charge < -0.3 is 38.9 Å². The van der Waals surface area contributed by atoms with Crippen molar-refractivity contribution in [2.75, 3.05) is 12.4 Å². The van der Waals surface area contributed by atoms with Crippen LogP contribution in [-0.4, -0.2) is 107 Å². The number of ketones is 1. The van der Waals surface area contributed by atoms with Crippen LogP contribution in [-0.2, 0) is 42.6 Å². The van der Waals surface area contributed by atoms with Gasteiger partial charge in [-0.05, 0) is 80.1 Å². The third-order valence-corrected chi connectivity index (χ3v) is 24.1. The molecule has 2 saturated heterocycles. The van der Waals surface area contributed by atoms with E-state index >= 15 is 9.59 Å². The zero-order valence-electron chi connectivity index (χ0n) is 42.1. The second-order valence-electron chi connectivity index (χ2n) is 22.2. The fourth-order valence-corrected chi connectivity index (χ4v) is 16.0. The fourth-order valence-electron chi connectivity index (χ4n) is 11.7. The van der Waals surface area contributed by atoms with E-state index < -0.39 is 108 Å². The summed E-state index contributed by atoms with van der Waals surface area (Å²) in [4.78, 5) is 72.0. The molecule has 2 saturated carbocycles. The molecule has 1 amide bonds. The van der Waals surface area contributed by atoms with Crippen molar-refractivity contribution < 1.29 is 57.6 Å². The molecule has 69 heavy (non-hydrogen) atoms. The number of Topliss-reactive ketones (excluding diaryl/α,β-unsaturated/α-hetero) is 1. The van der Waals surface area contributed by atoms with Gasteiger partial charge in [-0.3, -0.25) is 19.2 Å². The molecule has 4 fully saturated rings. The van der Waals surface area contributed by atoms with Gasteiger partial charge in [0.15, 0.2) is 13.9 Å². The number of ether oxygens (including phenoxy) is 4. The maximum absolute atomic E-state index is 15.6. The Morgan fingerprint density at radius 2 is 1.65 bits per heavy atom. The summed E-state index contributed by atoms with van der Waals surface area (Å²) in [6, 6.07) is 16.1. The first kappa shape index (κ1) is 53.3. The van der Waals surface area contributed by atoms with Gasteiger partial charge in [0.25, 0.3) is 5.91 Å². The van der Waals surface area contributed by atoms with E-state index in [1.165, 1.54) is 6.92 Å². The quantitative estimate of drug-likeness (QED) is 0.0384. The van der Waals surface area contributed by atoms with Crippen molar-refractivity contribution in [3.8, 4) is 0 Å². The summed E-state index contributed by atoms with van der Waals surface area (Å²) in [6.45, 7) is 20.4. The monoisotopic (exact) mass is 1010 g/mol. The standard InChI is InChI=1S/C53H73NO12S2Si/c1-31-37(63-48(60)43(64-40(57)25-19-18-24-36-26-27-67-68-36)42(34-20-14-12-15-21-34)54-47(59)35-22-16-13-17-23-35)29-53(61)46(66-69(10,11)49(4,5)6)44-51(9,45(58)32(2)41(31)50(53,7)8)38(56)28-39-52(44,30-62-39)65-33(3)55/h12-17,20-23,32,36-39,42-44,46,56,61H,18-19,24-30H2,1-11H3,(H,54,59)/t32-,36?,37+,38+,39?,42+,43-,44+,46+,51-,52+,53-/m1/s1. The molecule has 378 valence electrons. The number of aliphatic hydroxyl groups excluding tert-OH is 1. The lowest BCUT2D eigenvalue weighted by Crippen LogP contribution is -2.81. The van der Waals surface area contributed by atoms with Gasteiger partial charge in [0.2, 0.25) is 6.10 Å². The molecule has 0 radical (unpaired) electrons. The molecule has 2 heterocycles. The Labute approximate surface area is 416 Å². The van der Waals surface area contributed by atoms with Crippen molar-refractivity contribution in [2.24, 2.45) is 22.7 Å². The van der Waals surface area contributed by atoms with E-state index in [1.807, 2.05) is 48.5 Å². The lowest BCUT2D eigenvalue weighted by molar-refractivity contribution is -0.344. The Balaban J connectivity index is 1.34. The topological polar surface area (TPSA) is 184 Å². The van der Waals surface area contributed by atoms with Gasteiger partial charge in [0, 0.05) is 60.0 Å². The van der Waals surface area contributed by atoms with Crippen LogP contribution in [0.4, 0.5) is 0 Å². The van der Waals surface area contributed by atoms with Gasteiger partial charge >= 0.3 is 17.9 Å². The second-order valence-corrected chi connectivity index (χ2v) is 29.8. The SMILES string of the molecule is CC(=O)O[C@@]12COC1C[C@H](O)[C@@]1(C)C(=O)[C@H](C)C3=C(C)[C@@H](OC(=O)[C@H](OC(=O)CCCCC4CCSS4)[C@@H](NC(=O)c4ccccc4)c4ccccc4)C[C@@](O)([C@@H](O[Si](C)(C)C(C)(C)C)[C@@H]12)C3(C)C. The van der Waals surface area contributed by atoms with E-state index in [9.17, 15) is 24.6 Å². The average molecular weight is 1010 g/mol. The van der Waals surface area contributed by atoms with Crippen LogP contribution >= 0.6 is 21.6 Å². The molecule has 0 aromatic heterocycles. The maximum Gasteiger partial charge on any atom is 0.350 e. The van der Waals surface area contributed by atoms with Crippen LogP contribution in [0.3, 0.4) is 0 Å². The van der Waals surface area contributed by atoms with Crippen LogP contribution < -0.4 is 5.32 Å². The van der Waals surface area contributed by atoms with Gasteiger partial charge in [0.1, 0.15) is 29.6 Å². The highest BCUT2D eigenvalue weighted by molar-refractivity contribution is 8.77. The lowest BCUT2D eigenvalue weighted by Gasteiger charge is -2.69. The van der Waals surface area contributed by atoms with Crippen LogP contribution in [0.25, 0.3) is 0 Å². The zero-order chi connectivity index (χ0) is 50.5. The predicted molar refractivity (Wildman–Crippen MR) is 269 cm³/mol. The number of fused-ring (bicyclic) bond motifs is 5. The van der Waals surface area contributed by atoms with Crippen molar-refractivity contribution in [3.05, 3.63) is 82.9 Å². The van der Waals surface area contributed by atoms with E-state index in [1.54, 1.807) is 81.4 Å². The molecular weight excluding hydrogens is 935 g/mol. The summed E-state index contributed by atoms with van der Waals surface area (Å²) in [7, 11) is 0.787. The Kier molecular flexibility index (Phi) is 15.6. The van der Waals surface area contributed by atoms with Crippen LogP contribution in [0.15, 0.2) is 71.8 Å². The van der Waals surface area contributed by atoms with Gasteiger partial charge in [-0.2, -0.15) is 0 Å². The molecule has 16 heteroatoms. The molecule has 2 aliphatic heterocycles. The first-order chi connectivity index (χ1) is 32.3. The predicted octanol–water partition coefficient (Wildman–Crippen LogP) is 8.87. The Morgan fingerprint density at radius 3 is 2.23 bits per heavy atom.